The summed E-state index contributed by atoms with van der Waals surface area (Å²) in [6, 6.07) is 1.40. The van der Waals surface area contributed by atoms with Gasteiger partial charge >= 0.3 is 0 Å². The van der Waals surface area contributed by atoms with E-state index in [0.717, 1.165) is 18.7 Å². The summed E-state index contributed by atoms with van der Waals surface area (Å²) >= 11 is 5.98. The van der Waals surface area contributed by atoms with Crippen molar-refractivity contribution in [3.63, 3.8) is 0 Å². The van der Waals surface area contributed by atoms with Gasteiger partial charge in [0.15, 0.2) is 0 Å². The van der Waals surface area contributed by atoms with Crippen LogP contribution >= 0.6 is 11.6 Å². The van der Waals surface area contributed by atoms with Crippen LogP contribution in [0.15, 0.2) is 6.07 Å². The van der Waals surface area contributed by atoms with E-state index in [9.17, 15) is 4.79 Å². The molecule has 6 heteroatoms. The molecule has 0 aliphatic heterocycles. The molecule has 0 bridgehead atoms. The average Bonchev–Trinajstić information content (AvgIpc) is 3.10. The number of nitrogens with one attached hydrogen (secondary N) is 2. The van der Waals surface area contributed by atoms with Crippen molar-refractivity contribution < 1.29 is 4.79 Å². The smallest absolute Gasteiger partial charge is 0.242 e. The second-order valence-corrected chi connectivity index (χ2v) is 5.62. The Morgan fingerprint density at radius 1 is 1.37 bits per heavy atom. The molecule has 2 rings (SSSR count). The molecule has 1 aromatic heterocycles. The number of rotatable bonds is 5. The molecule has 1 aliphatic rings. The van der Waals surface area contributed by atoms with Crippen LogP contribution in [0.4, 0.5) is 5.82 Å². The third kappa shape index (κ3) is 4.06. The van der Waals surface area contributed by atoms with Gasteiger partial charge in [0.1, 0.15) is 22.8 Å². The normalized spacial score (nSPS) is 16.3. The van der Waals surface area contributed by atoms with Gasteiger partial charge in [0, 0.05) is 18.0 Å². The molecule has 19 heavy (non-hydrogen) atoms. The molecule has 1 saturated carbocycles. The minimum absolute atomic E-state index is 0.0577. The Kier molecular flexibility index (Phi) is 4.24. The second-order valence-electron chi connectivity index (χ2n) is 5.24. The molecule has 1 heterocycles. The van der Waals surface area contributed by atoms with Crippen molar-refractivity contribution in [2.75, 3.05) is 5.32 Å². The van der Waals surface area contributed by atoms with Crippen LogP contribution in [0.25, 0.3) is 0 Å². The Morgan fingerprint density at radius 3 is 2.63 bits per heavy atom. The number of aromatic nitrogens is 2. The number of carbonyl (C=O) groups excluding carboxylic acids is 1. The van der Waals surface area contributed by atoms with Crippen molar-refractivity contribution in [1.82, 2.24) is 15.3 Å². The summed E-state index contributed by atoms with van der Waals surface area (Å²) in [6.45, 7) is 5.65. The van der Waals surface area contributed by atoms with Crippen LogP contribution < -0.4 is 10.6 Å². The topological polar surface area (TPSA) is 66.9 Å². The maximum absolute atomic E-state index is 11.8. The molecule has 1 fully saturated rings. The standard InChI is InChI=1S/C13H19ClN4O/c1-7(2)15-13(19)8(3)16-11-6-10(14)17-12(18-11)9-4-5-9/h6-9H,4-5H2,1-3H3,(H,15,19)(H,16,17,18). The highest BCUT2D eigenvalue weighted by atomic mass is 35.5. The summed E-state index contributed by atoms with van der Waals surface area (Å²) in [6.07, 6.45) is 2.23. The zero-order valence-electron chi connectivity index (χ0n) is 11.4. The highest BCUT2D eigenvalue weighted by Crippen LogP contribution is 2.38. The molecule has 1 aliphatic carbocycles. The van der Waals surface area contributed by atoms with Crippen molar-refractivity contribution in [2.24, 2.45) is 0 Å². The molecule has 104 valence electrons. The number of carbonyl (C=O) groups is 1. The number of hydrogen-bond donors (Lipinski definition) is 2. The van der Waals surface area contributed by atoms with Crippen LogP contribution in [-0.4, -0.2) is 28.0 Å². The molecule has 1 aromatic rings. The first kappa shape index (κ1) is 14.1. The minimum atomic E-state index is -0.361. The molecule has 1 atom stereocenters. The van der Waals surface area contributed by atoms with Gasteiger partial charge in [-0.3, -0.25) is 4.79 Å². The quantitative estimate of drug-likeness (QED) is 0.814. The Bertz CT molecular complexity index is 474. The summed E-state index contributed by atoms with van der Waals surface area (Å²) in [5, 5.41) is 6.33. The van der Waals surface area contributed by atoms with Gasteiger partial charge in [-0.05, 0) is 33.6 Å². The highest BCUT2D eigenvalue weighted by molar-refractivity contribution is 6.29. The second kappa shape index (κ2) is 5.74. The van der Waals surface area contributed by atoms with Crippen LogP contribution in [-0.2, 0) is 4.79 Å². The first-order valence-corrected chi connectivity index (χ1v) is 6.95. The fourth-order valence-corrected chi connectivity index (χ4v) is 1.92. The molecule has 5 nitrogen and oxygen atoms in total. The summed E-state index contributed by atoms with van der Waals surface area (Å²) in [5.41, 5.74) is 0. The zero-order chi connectivity index (χ0) is 14.0. The Morgan fingerprint density at radius 2 is 2.05 bits per heavy atom. The summed E-state index contributed by atoms with van der Waals surface area (Å²) in [7, 11) is 0. The van der Waals surface area contributed by atoms with Crippen molar-refractivity contribution in [2.45, 2.75) is 51.6 Å². The fourth-order valence-electron chi connectivity index (χ4n) is 1.73. The summed E-state index contributed by atoms with van der Waals surface area (Å²) < 4.78 is 0. The lowest BCUT2D eigenvalue weighted by molar-refractivity contribution is -0.122. The lowest BCUT2D eigenvalue weighted by Gasteiger charge is -2.16. The van der Waals surface area contributed by atoms with Gasteiger partial charge in [-0.2, -0.15) is 0 Å². The molecule has 2 N–H and O–H groups in total. The monoisotopic (exact) mass is 282 g/mol. The van der Waals surface area contributed by atoms with Gasteiger partial charge in [-0.25, -0.2) is 9.97 Å². The molecule has 0 spiro atoms. The van der Waals surface area contributed by atoms with Gasteiger partial charge in [-0.1, -0.05) is 11.6 Å². The van der Waals surface area contributed by atoms with E-state index in [1.54, 1.807) is 13.0 Å². The van der Waals surface area contributed by atoms with Crippen LogP contribution in [0.5, 0.6) is 0 Å². The first-order chi connectivity index (χ1) is 8.95. The Hall–Kier alpha value is -1.36. The molecule has 0 radical (unpaired) electrons. The van der Waals surface area contributed by atoms with E-state index in [0.29, 0.717) is 16.9 Å². The van der Waals surface area contributed by atoms with Crippen molar-refractivity contribution in [3.05, 3.63) is 17.0 Å². The van der Waals surface area contributed by atoms with Gasteiger partial charge in [0.05, 0.1) is 0 Å². The number of nitrogens with zero attached hydrogens (tertiary/aromatic N) is 2. The maximum atomic E-state index is 11.8. The van der Waals surface area contributed by atoms with Gasteiger partial charge in [0.25, 0.3) is 0 Å². The number of halogens is 1. The molecular formula is C13H19ClN4O. The Balaban J connectivity index is 2.03. The third-order valence-corrected chi connectivity index (χ3v) is 3.04. The van der Waals surface area contributed by atoms with Crippen molar-refractivity contribution in [3.8, 4) is 0 Å². The van der Waals surface area contributed by atoms with Crippen molar-refractivity contribution >= 4 is 23.3 Å². The number of amides is 1. The van der Waals surface area contributed by atoms with Crippen LogP contribution in [0, 0.1) is 0 Å². The number of anilines is 1. The average molecular weight is 283 g/mol. The van der Waals surface area contributed by atoms with E-state index in [1.807, 2.05) is 13.8 Å². The van der Waals surface area contributed by atoms with Crippen LogP contribution in [0.1, 0.15) is 45.4 Å². The molecular weight excluding hydrogens is 264 g/mol. The predicted octanol–water partition coefficient (Wildman–Crippen LogP) is 2.33. The van der Waals surface area contributed by atoms with Gasteiger partial charge in [0.2, 0.25) is 5.91 Å². The third-order valence-electron chi connectivity index (χ3n) is 2.84. The lowest BCUT2D eigenvalue weighted by Crippen LogP contribution is -2.41. The maximum Gasteiger partial charge on any atom is 0.242 e. The zero-order valence-corrected chi connectivity index (χ0v) is 12.2. The summed E-state index contributed by atoms with van der Waals surface area (Å²) in [4.78, 5) is 20.4. The van der Waals surface area contributed by atoms with Crippen LogP contribution in [0.2, 0.25) is 5.15 Å². The van der Waals surface area contributed by atoms with E-state index in [1.165, 1.54) is 0 Å². The van der Waals surface area contributed by atoms with E-state index < -0.39 is 0 Å². The van der Waals surface area contributed by atoms with Crippen molar-refractivity contribution in [1.29, 1.82) is 0 Å². The number of hydrogen-bond acceptors (Lipinski definition) is 4. The lowest BCUT2D eigenvalue weighted by atomic mass is 10.3. The summed E-state index contributed by atoms with van der Waals surface area (Å²) in [5.74, 6) is 1.75. The largest absolute Gasteiger partial charge is 0.358 e. The predicted molar refractivity (Wildman–Crippen MR) is 75.4 cm³/mol. The highest BCUT2D eigenvalue weighted by Gasteiger charge is 2.27. The molecule has 1 unspecified atom stereocenters. The van der Waals surface area contributed by atoms with Gasteiger partial charge < -0.3 is 10.6 Å². The fraction of sp³-hybridized carbons (Fsp3) is 0.615. The van der Waals surface area contributed by atoms with E-state index >= 15 is 0 Å². The van der Waals surface area contributed by atoms with E-state index in [-0.39, 0.29) is 18.0 Å². The molecule has 0 aromatic carbocycles. The molecule has 1 amide bonds. The minimum Gasteiger partial charge on any atom is -0.358 e. The first-order valence-electron chi connectivity index (χ1n) is 6.57. The molecule has 0 saturated heterocycles. The van der Waals surface area contributed by atoms with E-state index in [4.69, 9.17) is 11.6 Å². The Labute approximate surface area is 118 Å². The SMILES string of the molecule is CC(C)NC(=O)C(C)Nc1cc(Cl)nc(C2CC2)n1. The van der Waals surface area contributed by atoms with E-state index in [2.05, 4.69) is 20.6 Å². The van der Waals surface area contributed by atoms with Crippen LogP contribution in [0.3, 0.4) is 0 Å². The van der Waals surface area contributed by atoms with Gasteiger partial charge in [-0.15, -0.1) is 0 Å².